The first kappa shape index (κ1) is 19.7. The molecule has 0 rings (SSSR count). The number of unbranched alkanes of at least 4 members (excludes halogenated alkanes) is 8. The highest BCUT2D eigenvalue weighted by molar-refractivity contribution is 5.73. The average Bonchev–Trinajstić information content (AvgIpc) is 2.37. The van der Waals surface area contributed by atoms with Crippen molar-refractivity contribution in [3.8, 4) is 0 Å². The van der Waals surface area contributed by atoms with Crippen LogP contribution in [0.4, 0.5) is 0 Å². The standard InChI is InChI=1S/C12H25NO.C2H7NO/c1-2-3-4-5-6-7-8-9-10-11-12(13)14;3-1-2-4/h2-11H2,1H3,(H2,13,14);4H,1-3H2. The first-order chi connectivity index (χ1) is 8.68. The van der Waals surface area contributed by atoms with Gasteiger partial charge in [-0.25, -0.2) is 0 Å². The van der Waals surface area contributed by atoms with E-state index in [-0.39, 0.29) is 12.5 Å². The first-order valence-corrected chi connectivity index (χ1v) is 7.28. The van der Waals surface area contributed by atoms with Crippen LogP contribution in [0.1, 0.15) is 71.1 Å². The monoisotopic (exact) mass is 260 g/mol. The molecule has 0 saturated heterocycles. The van der Waals surface area contributed by atoms with Crippen molar-refractivity contribution in [3.05, 3.63) is 0 Å². The Labute approximate surface area is 112 Å². The summed E-state index contributed by atoms with van der Waals surface area (Å²) in [5.74, 6) is -0.159. The quantitative estimate of drug-likeness (QED) is 0.498. The third-order valence-electron chi connectivity index (χ3n) is 2.66. The van der Waals surface area contributed by atoms with Crippen molar-refractivity contribution >= 4 is 5.91 Å². The lowest BCUT2D eigenvalue weighted by molar-refractivity contribution is -0.118. The predicted octanol–water partition coefficient (Wildman–Crippen LogP) is 2.33. The lowest BCUT2D eigenvalue weighted by Crippen LogP contribution is -2.09. The summed E-state index contributed by atoms with van der Waals surface area (Å²) in [6.45, 7) is 2.71. The highest BCUT2D eigenvalue weighted by Gasteiger charge is 1.94. The minimum atomic E-state index is -0.159. The summed E-state index contributed by atoms with van der Waals surface area (Å²) < 4.78 is 0. The van der Waals surface area contributed by atoms with Gasteiger partial charge in [-0.05, 0) is 6.42 Å². The molecule has 4 heteroatoms. The summed E-state index contributed by atoms with van der Waals surface area (Å²) >= 11 is 0. The van der Waals surface area contributed by atoms with Gasteiger partial charge in [0.25, 0.3) is 0 Å². The van der Waals surface area contributed by atoms with Crippen LogP contribution in [0.25, 0.3) is 0 Å². The van der Waals surface area contributed by atoms with Crippen molar-refractivity contribution in [2.75, 3.05) is 13.2 Å². The Kier molecular flexibility index (Phi) is 20.5. The van der Waals surface area contributed by atoms with Crippen molar-refractivity contribution in [1.82, 2.24) is 0 Å². The van der Waals surface area contributed by atoms with E-state index in [0.717, 1.165) is 12.8 Å². The Morgan fingerprint density at radius 1 is 0.944 bits per heavy atom. The van der Waals surface area contributed by atoms with E-state index in [4.69, 9.17) is 16.6 Å². The Morgan fingerprint density at radius 3 is 1.67 bits per heavy atom. The molecule has 0 saturated carbocycles. The molecule has 0 heterocycles. The van der Waals surface area contributed by atoms with Crippen molar-refractivity contribution in [2.45, 2.75) is 71.1 Å². The highest BCUT2D eigenvalue weighted by atomic mass is 16.3. The maximum absolute atomic E-state index is 10.4. The second-order valence-electron chi connectivity index (χ2n) is 4.56. The zero-order chi connectivity index (χ0) is 14.1. The van der Waals surface area contributed by atoms with Crippen molar-refractivity contribution in [1.29, 1.82) is 0 Å². The molecule has 18 heavy (non-hydrogen) atoms. The number of rotatable bonds is 11. The van der Waals surface area contributed by atoms with E-state index in [1.807, 2.05) is 0 Å². The number of amides is 1. The molecular weight excluding hydrogens is 228 g/mol. The molecule has 4 nitrogen and oxygen atoms in total. The van der Waals surface area contributed by atoms with E-state index in [2.05, 4.69) is 6.92 Å². The zero-order valence-corrected chi connectivity index (χ0v) is 12.0. The van der Waals surface area contributed by atoms with Crippen LogP contribution in [-0.2, 0) is 4.79 Å². The van der Waals surface area contributed by atoms with Gasteiger partial charge in [-0.1, -0.05) is 58.3 Å². The van der Waals surface area contributed by atoms with Gasteiger partial charge < -0.3 is 16.6 Å². The summed E-state index contributed by atoms with van der Waals surface area (Å²) in [4.78, 5) is 10.4. The number of aliphatic hydroxyl groups is 1. The molecule has 110 valence electrons. The summed E-state index contributed by atoms with van der Waals surface area (Å²) in [6.07, 6.45) is 12.1. The van der Waals surface area contributed by atoms with Gasteiger partial charge in [0.05, 0.1) is 6.61 Å². The van der Waals surface area contributed by atoms with Gasteiger partial charge in [0, 0.05) is 13.0 Å². The zero-order valence-electron chi connectivity index (χ0n) is 12.0. The van der Waals surface area contributed by atoms with E-state index in [9.17, 15) is 4.79 Å². The van der Waals surface area contributed by atoms with E-state index < -0.39 is 0 Å². The smallest absolute Gasteiger partial charge is 0.217 e. The Morgan fingerprint density at radius 2 is 1.33 bits per heavy atom. The van der Waals surface area contributed by atoms with Crippen molar-refractivity contribution < 1.29 is 9.90 Å². The molecule has 5 N–H and O–H groups in total. The number of carbonyl (C=O) groups excluding carboxylic acids is 1. The lowest BCUT2D eigenvalue weighted by Gasteiger charge is -2.00. The molecule has 0 atom stereocenters. The molecule has 0 aliphatic rings. The fraction of sp³-hybridized carbons (Fsp3) is 0.929. The van der Waals surface area contributed by atoms with Crippen LogP contribution in [0.3, 0.4) is 0 Å². The number of hydrogen-bond acceptors (Lipinski definition) is 3. The molecular formula is C14H32N2O2. The number of primary amides is 1. The minimum absolute atomic E-state index is 0.0972. The molecule has 0 aliphatic carbocycles. The molecule has 0 spiro atoms. The maximum Gasteiger partial charge on any atom is 0.217 e. The summed E-state index contributed by atoms with van der Waals surface area (Å²) in [5, 5.41) is 7.75. The lowest BCUT2D eigenvalue weighted by atomic mass is 10.1. The molecule has 0 aromatic heterocycles. The van der Waals surface area contributed by atoms with Crippen LogP contribution in [0.5, 0.6) is 0 Å². The van der Waals surface area contributed by atoms with Crippen LogP contribution in [0, 0.1) is 0 Å². The molecule has 0 radical (unpaired) electrons. The van der Waals surface area contributed by atoms with Crippen LogP contribution < -0.4 is 11.5 Å². The van der Waals surface area contributed by atoms with Crippen LogP contribution >= 0.6 is 0 Å². The highest BCUT2D eigenvalue weighted by Crippen LogP contribution is 2.10. The minimum Gasteiger partial charge on any atom is -0.395 e. The number of carbonyl (C=O) groups is 1. The van der Waals surface area contributed by atoms with E-state index in [1.165, 1.54) is 44.9 Å². The molecule has 0 aromatic carbocycles. The van der Waals surface area contributed by atoms with Gasteiger partial charge in [-0.15, -0.1) is 0 Å². The van der Waals surface area contributed by atoms with Gasteiger partial charge in [0.2, 0.25) is 5.91 Å². The normalized spacial score (nSPS) is 9.72. The molecule has 0 aromatic rings. The predicted molar refractivity (Wildman–Crippen MR) is 77.2 cm³/mol. The Balaban J connectivity index is 0. The average molecular weight is 260 g/mol. The van der Waals surface area contributed by atoms with Crippen molar-refractivity contribution in [3.63, 3.8) is 0 Å². The third kappa shape index (κ3) is 24.6. The molecule has 0 unspecified atom stereocenters. The van der Waals surface area contributed by atoms with E-state index in [0.29, 0.717) is 13.0 Å². The Hall–Kier alpha value is -0.610. The van der Waals surface area contributed by atoms with Crippen LogP contribution in [-0.4, -0.2) is 24.2 Å². The maximum atomic E-state index is 10.4. The molecule has 0 fully saturated rings. The second kappa shape index (κ2) is 18.7. The van der Waals surface area contributed by atoms with Gasteiger partial charge >= 0.3 is 0 Å². The molecule has 1 amide bonds. The van der Waals surface area contributed by atoms with E-state index in [1.54, 1.807) is 0 Å². The first-order valence-electron chi connectivity index (χ1n) is 7.28. The summed E-state index contributed by atoms with van der Waals surface area (Å²) in [7, 11) is 0. The van der Waals surface area contributed by atoms with Gasteiger partial charge in [0.1, 0.15) is 0 Å². The van der Waals surface area contributed by atoms with E-state index >= 15 is 0 Å². The molecule has 0 bridgehead atoms. The van der Waals surface area contributed by atoms with Gasteiger partial charge in [0.15, 0.2) is 0 Å². The summed E-state index contributed by atoms with van der Waals surface area (Å²) in [6, 6.07) is 0. The van der Waals surface area contributed by atoms with Crippen LogP contribution in [0.15, 0.2) is 0 Å². The second-order valence-corrected chi connectivity index (χ2v) is 4.56. The third-order valence-corrected chi connectivity index (χ3v) is 2.66. The number of hydrogen-bond donors (Lipinski definition) is 3. The topological polar surface area (TPSA) is 89.3 Å². The Bertz CT molecular complexity index is 162. The molecule has 0 aliphatic heterocycles. The van der Waals surface area contributed by atoms with Crippen molar-refractivity contribution in [2.24, 2.45) is 11.5 Å². The number of aliphatic hydroxyl groups excluding tert-OH is 1. The largest absolute Gasteiger partial charge is 0.395 e. The fourth-order valence-electron chi connectivity index (χ4n) is 1.61. The van der Waals surface area contributed by atoms with Gasteiger partial charge in [-0.3, -0.25) is 4.79 Å². The fourth-order valence-corrected chi connectivity index (χ4v) is 1.61. The number of nitrogens with two attached hydrogens (primary N) is 2. The van der Waals surface area contributed by atoms with Crippen LogP contribution in [0.2, 0.25) is 0 Å². The SMILES string of the molecule is CCCCCCCCCCCC(N)=O.NCCO. The van der Waals surface area contributed by atoms with Gasteiger partial charge in [-0.2, -0.15) is 0 Å². The summed E-state index contributed by atoms with van der Waals surface area (Å²) in [5.41, 5.74) is 9.83.